The van der Waals surface area contributed by atoms with Crippen LogP contribution in [0.1, 0.15) is 27.9 Å². The lowest BCUT2D eigenvalue weighted by Gasteiger charge is -2.38. The van der Waals surface area contributed by atoms with Crippen molar-refractivity contribution < 1.29 is 18.7 Å². The third-order valence-corrected chi connectivity index (χ3v) is 5.85. The number of morpholine rings is 1. The van der Waals surface area contributed by atoms with Crippen LogP contribution in [0, 0.1) is 0 Å². The zero-order chi connectivity index (χ0) is 20.0. The molecule has 2 N–H and O–H groups in total. The second-order valence-corrected chi connectivity index (χ2v) is 7.61. The number of nitrogens with two attached hydrogens (primary N) is 1. The maximum Gasteiger partial charge on any atom is 0.254 e. The van der Waals surface area contributed by atoms with Crippen LogP contribution in [0.3, 0.4) is 0 Å². The monoisotopic (exact) mass is 395 g/mol. The molecule has 5 rings (SSSR count). The minimum Gasteiger partial charge on any atom is -0.383 e. The van der Waals surface area contributed by atoms with Crippen LogP contribution in [0.4, 0.5) is 10.2 Å². The molecule has 1 aliphatic carbocycles. The molecule has 1 saturated heterocycles. The number of rotatable bonds is 2. The second kappa shape index (κ2) is 7.24. The zero-order valence-electron chi connectivity index (χ0n) is 15.9. The van der Waals surface area contributed by atoms with Crippen LogP contribution in [0.15, 0.2) is 42.0 Å². The molecule has 2 aromatic rings. The molecule has 0 radical (unpaired) electrons. The Morgan fingerprint density at radius 2 is 2.10 bits per heavy atom. The van der Waals surface area contributed by atoms with Gasteiger partial charge in [0.2, 0.25) is 0 Å². The Morgan fingerprint density at radius 3 is 2.97 bits per heavy atom. The summed E-state index contributed by atoms with van der Waals surface area (Å²) in [5.74, 6) is 0.394. The third-order valence-electron chi connectivity index (χ3n) is 5.85. The van der Waals surface area contributed by atoms with Crippen LogP contribution >= 0.6 is 0 Å². The summed E-state index contributed by atoms with van der Waals surface area (Å²) in [5, 5.41) is 0.894. The molecule has 0 spiro atoms. The molecule has 0 saturated carbocycles. The van der Waals surface area contributed by atoms with Gasteiger partial charge in [-0.1, -0.05) is 18.2 Å². The molecule has 29 heavy (non-hydrogen) atoms. The number of amides is 1. The van der Waals surface area contributed by atoms with Gasteiger partial charge in [-0.25, -0.2) is 9.37 Å². The maximum atomic E-state index is 13.9. The van der Waals surface area contributed by atoms with Crippen LogP contribution in [0.2, 0.25) is 0 Å². The molecule has 7 heteroatoms. The summed E-state index contributed by atoms with van der Waals surface area (Å²) in [6.45, 7) is 2.24. The molecule has 1 fully saturated rings. The lowest BCUT2D eigenvalue weighted by molar-refractivity contribution is 0.00693. The van der Waals surface area contributed by atoms with Crippen molar-refractivity contribution in [1.82, 2.24) is 9.88 Å². The van der Waals surface area contributed by atoms with Crippen LogP contribution in [0.25, 0.3) is 10.9 Å². The van der Waals surface area contributed by atoms with Crippen molar-refractivity contribution in [2.45, 2.75) is 31.8 Å². The predicted octanol–water partition coefficient (Wildman–Crippen LogP) is 2.91. The number of ether oxygens (including phenoxy) is 2. The van der Waals surface area contributed by atoms with E-state index in [-0.39, 0.29) is 11.9 Å². The van der Waals surface area contributed by atoms with E-state index in [9.17, 15) is 9.18 Å². The quantitative estimate of drug-likeness (QED) is 0.846. The molecular weight excluding hydrogens is 373 g/mol. The standard InChI is InChI=1S/C22H22FN3O3/c23-15-3-1-2-13(8-15)20-12-28-7-6-26(20)22(27)14-4-5-19-16(9-14)17-10-29-11-18(17)21(24)25-19/h1-5,9,15,20H,6-8,10-12H2,(H2,24,25). The van der Waals surface area contributed by atoms with Gasteiger partial charge in [-0.15, -0.1) is 0 Å². The van der Waals surface area contributed by atoms with Gasteiger partial charge in [-0.3, -0.25) is 4.79 Å². The number of benzene rings is 1. The second-order valence-electron chi connectivity index (χ2n) is 7.61. The summed E-state index contributed by atoms with van der Waals surface area (Å²) in [6, 6.07) is 5.22. The van der Waals surface area contributed by atoms with Crippen LogP contribution in [0.5, 0.6) is 0 Å². The van der Waals surface area contributed by atoms with Crippen LogP contribution in [-0.4, -0.2) is 47.8 Å². The summed E-state index contributed by atoms with van der Waals surface area (Å²) < 4.78 is 25.0. The molecule has 2 aliphatic heterocycles. The van der Waals surface area contributed by atoms with Crippen molar-refractivity contribution in [1.29, 1.82) is 0 Å². The fraction of sp³-hybridized carbons (Fsp3) is 0.364. The van der Waals surface area contributed by atoms with Gasteiger partial charge < -0.3 is 20.1 Å². The molecule has 150 valence electrons. The Hall–Kier alpha value is -2.77. The largest absolute Gasteiger partial charge is 0.383 e. The number of fused-ring (bicyclic) bond motifs is 3. The summed E-state index contributed by atoms with van der Waals surface area (Å²) in [7, 11) is 0. The molecule has 2 atom stereocenters. The first-order valence-electron chi connectivity index (χ1n) is 9.80. The first-order chi connectivity index (χ1) is 14.1. The van der Waals surface area contributed by atoms with Crippen LogP contribution in [-0.2, 0) is 22.7 Å². The Kier molecular flexibility index (Phi) is 4.56. The summed E-state index contributed by atoms with van der Waals surface area (Å²) in [4.78, 5) is 19.6. The smallest absolute Gasteiger partial charge is 0.254 e. The number of pyridine rings is 1. The molecular formula is C22H22FN3O3. The predicted molar refractivity (Wildman–Crippen MR) is 107 cm³/mol. The van der Waals surface area contributed by atoms with Crippen molar-refractivity contribution in [3.05, 3.63) is 58.7 Å². The number of nitrogen functional groups attached to an aromatic ring is 1. The number of hydrogen-bond donors (Lipinski definition) is 1. The highest BCUT2D eigenvalue weighted by Crippen LogP contribution is 2.32. The normalized spacial score (nSPS) is 23.9. The number of aromatic nitrogens is 1. The molecule has 6 nitrogen and oxygen atoms in total. The average Bonchev–Trinajstić information content (AvgIpc) is 3.24. The average molecular weight is 395 g/mol. The van der Waals surface area contributed by atoms with Gasteiger partial charge >= 0.3 is 0 Å². The first-order valence-corrected chi connectivity index (χ1v) is 9.80. The van der Waals surface area contributed by atoms with Crippen molar-refractivity contribution in [3.8, 4) is 0 Å². The van der Waals surface area contributed by atoms with E-state index in [1.807, 2.05) is 18.2 Å². The van der Waals surface area contributed by atoms with Crippen molar-refractivity contribution in [3.63, 3.8) is 0 Å². The first kappa shape index (κ1) is 18.3. The Morgan fingerprint density at radius 1 is 1.24 bits per heavy atom. The molecule has 3 heterocycles. The minimum atomic E-state index is -1.02. The zero-order valence-corrected chi connectivity index (χ0v) is 15.9. The number of anilines is 1. The maximum absolute atomic E-state index is 13.9. The topological polar surface area (TPSA) is 77.7 Å². The van der Waals surface area contributed by atoms with E-state index in [0.29, 0.717) is 50.8 Å². The third kappa shape index (κ3) is 3.20. The number of halogens is 1. The molecule has 1 amide bonds. The number of carbonyl (C=O) groups is 1. The van der Waals surface area contributed by atoms with Gasteiger partial charge in [0.25, 0.3) is 5.91 Å². The van der Waals surface area contributed by atoms with Crippen molar-refractivity contribution in [2.24, 2.45) is 0 Å². The molecule has 1 aromatic heterocycles. The van der Waals surface area contributed by atoms with Gasteiger partial charge in [-0.05, 0) is 29.3 Å². The number of alkyl halides is 1. The molecule has 3 aliphatic rings. The van der Waals surface area contributed by atoms with Gasteiger partial charge in [0.05, 0.1) is 38.0 Å². The highest BCUT2D eigenvalue weighted by Gasteiger charge is 2.32. The Balaban J connectivity index is 1.50. The van der Waals surface area contributed by atoms with Crippen molar-refractivity contribution in [2.75, 3.05) is 25.5 Å². The SMILES string of the molecule is Nc1nc2ccc(C(=O)N3CCOCC3C3=CC=CC(F)C3)cc2c2c1COC2. The van der Waals surface area contributed by atoms with Gasteiger partial charge in [0, 0.05) is 29.5 Å². The fourth-order valence-corrected chi connectivity index (χ4v) is 4.33. The number of nitrogens with zero attached hydrogens (tertiary/aromatic N) is 2. The van der Waals surface area contributed by atoms with Gasteiger partial charge in [0.1, 0.15) is 12.0 Å². The fourth-order valence-electron chi connectivity index (χ4n) is 4.33. The summed E-state index contributed by atoms with van der Waals surface area (Å²) in [6.07, 6.45) is 4.42. The molecule has 0 bridgehead atoms. The number of allylic oxidation sites excluding steroid dienone is 3. The van der Waals surface area contributed by atoms with Gasteiger partial charge in [-0.2, -0.15) is 0 Å². The van der Waals surface area contributed by atoms with Crippen molar-refractivity contribution >= 4 is 22.6 Å². The van der Waals surface area contributed by atoms with E-state index >= 15 is 0 Å². The molecule has 2 unspecified atom stereocenters. The van der Waals surface area contributed by atoms with E-state index in [0.717, 1.165) is 27.6 Å². The van der Waals surface area contributed by atoms with Crippen LogP contribution < -0.4 is 5.73 Å². The van der Waals surface area contributed by atoms with E-state index in [1.54, 1.807) is 17.0 Å². The minimum absolute atomic E-state index is 0.0875. The van der Waals surface area contributed by atoms with E-state index in [4.69, 9.17) is 15.2 Å². The Labute approximate surface area is 167 Å². The summed E-state index contributed by atoms with van der Waals surface area (Å²) >= 11 is 0. The lowest BCUT2D eigenvalue weighted by atomic mass is 9.94. The van der Waals surface area contributed by atoms with Gasteiger partial charge in [0.15, 0.2) is 0 Å². The highest BCUT2D eigenvalue weighted by atomic mass is 19.1. The molecule has 1 aromatic carbocycles. The lowest BCUT2D eigenvalue weighted by Crippen LogP contribution is -2.50. The van der Waals surface area contributed by atoms with E-state index in [2.05, 4.69) is 4.98 Å². The summed E-state index contributed by atoms with van der Waals surface area (Å²) in [5.41, 5.74) is 10.2. The van der Waals surface area contributed by atoms with E-state index < -0.39 is 6.17 Å². The Bertz CT molecular complexity index is 1050. The number of carbonyl (C=O) groups excluding carboxylic acids is 1. The highest BCUT2D eigenvalue weighted by molar-refractivity contribution is 5.99. The van der Waals surface area contributed by atoms with E-state index in [1.165, 1.54) is 6.08 Å². The number of hydrogen-bond acceptors (Lipinski definition) is 5.